The minimum atomic E-state index is -0.0953. The first-order valence-electron chi connectivity index (χ1n) is 5.89. The molecule has 2 aromatic rings. The van der Waals surface area contributed by atoms with E-state index in [4.69, 9.17) is 0 Å². The number of amidine groups is 1. The quantitative estimate of drug-likeness (QED) is 0.649. The van der Waals surface area contributed by atoms with Crippen LogP contribution in [0.2, 0.25) is 0 Å². The highest BCUT2D eigenvalue weighted by atomic mass is 32.2. The molecule has 0 saturated carbocycles. The van der Waals surface area contributed by atoms with Gasteiger partial charge in [-0.25, -0.2) is 0 Å². The molecule has 1 amide bonds. The number of para-hydroxylation sites is 1. The van der Waals surface area contributed by atoms with Crippen LogP contribution in [0.4, 0.5) is 0 Å². The van der Waals surface area contributed by atoms with Crippen LogP contribution >= 0.6 is 11.8 Å². The number of fused-ring (bicyclic) bond motifs is 1. The zero-order chi connectivity index (χ0) is 13.2. The number of aromatic nitrogens is 1. The van der Waals surface area contributed by atoms with Gasteiger partial charge in [0, 0.05) is 22.7 Å². The van der Waals surface area contributed by atoms with Crippen LogP contribution in [0.3, 0.4) is 0 Å². The SMILES string of the molecule is CC1S/C(=N/N=C/c2c[nH]c3ccccc23)NC1=O. The lowest BCUT2D eigenvalue weighted by Gasteiger charge is -1.90. The summed E-state index contributed by atoms with van der Waals surface area (Å²) in [7, 11) is 0. The van der Waals surface area contributed by atoms with E-state index < -0.39 is 0 Å². The van der Waals surface area contributed by atoms with Crippen LogP contribution in [0.25, 0.3) is 10.9 Å². The smallest absolute Gasteiger partial charge is 0.239 e. The van der Waals surface area contributed by atoms with Crippen molar-refractivity contribution >= 4 is 40.0 Å². The van der Waals surface area contributed by atoms with E-state index in [1.807, 2.05) is 37.4 Å². The minimum Gasteiger partial charge on any atom is -0.361 e. The average Bonchev–Trinajstić information content (AvgIpc) is 2.95. The molecule has 0 spiro atoms. The summed E-state index contributed by atoms with van der Waals surface area (Å²) < 4.78 is 0. The van der Waals surface area contributed by atoms with Gasteiger partial charge in [0.25, 0.3) is 0 Å². The zero-order valence-electron chi connectivity index (χ0n) is 10.3. The average molecular weight is 272 g/mol. The number of carbonyl (C=O) groups excluding carboxylic acids is 1. The Morgan fingerprint density at radius 1 is 1.37 bits per heavy atom. The molecule has 0 bridgehead atoms. The molecule has 1 atom stereocenters. The number of benzene rings is 1. The molecule has 5 nitrogen and oxygen atoms in total. The van der Waals surface area contributed by atoms with E-state index in [1.54, 1.807) is 6.21 Å². The van der Waals surface area contributed by atoms with E-state index in [-0.39, 0.29) is 11.2 Å². The summed E-state index contributed by atoms with van der Waals surface area (Å²) in [5.41, 5.74) is 2.04. The normalized spacial score (nSPS) is 21.6. The number of nitrogens with one attached hydrogen (secondary N) is 2. The summed E-state index contributed by atoms with van der Waals surface area (Å²) in [6, 6.07) is 7.99. The molecule has 1 aliphatic rings. The molecule has 1 unspecified atom stereocenters. The molecule has 2 heterocycles. The van der Waals surface area contributed by atoms with Gasteiger partial charge in [-0.15, -0.1) is 5.10 Å². The number of amides is 1. The summed E-state index contributed by atoms with van der Waals surface area (Å²) in [6.45, 7) is 1.84. The number of nitrogens with zero attached hydrogens (tertiary/aromatic N) is 2. The van der Waals surface area contributed by atoms with E-state index in [0.29, 0.717) is 5.17 Å². The first-order chi connectivity index (χ1) is 9.24. The summed E-state index contributed by atoms with van der Waals surface area (Å²) in [5, 5.41) is 12.3. The third-order valence-corrected chi connectivity index (χ3v) is 3.83. The summed E-state index contributed by atoms with van der Waals surface area (Å²) in [5.74, 6) is -0.0222. The molecule has 3 rings (SSSR count). The van der Waals surface area contributed by atoms with Crippen molar-refractivity contribution in [2.75, 3.05) is 0 Å². The van der Waals surface area contributed by atoms with Gasteiger partial charge in [-0.2, -0.15) is 5.10 Å². The lowest BCUT2D eigenvalue weighted by molar-refractivity contribution is -0.118. The molecule has 6 heteroatoms. The highest BCUT2D eigenvalue weighted by Gasteiger charge is 2.25. The van der Waals surface area contributed by atoms with Gasteiger partial charge in [0.2, 0.25) is 5.91 Å². The van der Waals surface area contributed by atoms with Crippen molar-refractivity contribution in [3.05, 3.63) is 36.0 Å². The number of aromatic amines is 1. The first-order valence-corrected chi connectivity index (χ1v) is 6.76. The van der Waals surface area contributed by atoms with Crippen molar-refractivity contribution in [1.82, 2.24) is 10.3 Å². The maximum Gasteiger partial charge on any atom is 0.239 e. The third-order valence-electron chi connectivity index (χ3n) is 2.85. The lowest BCUT2D eigenvalue weighted by atomic mass is 10.2. The standard InChI is InChI=1S/C13H12N4OS/c1-8-12(18)16-13(19-8)17-15-7-9-6-14-11-5-3-2-4-10(9)11/h2-8,14H,1H3,(H,16,17,18)/b15-7+. The Morgan fingerprint density at radius 3 is 3.00 bits per heavy atom. The predicted molar refractivity (Wildman–Crippen MR) is 78.5 cm³/mol. The van der Waals surface area contributed by atoms with Gasteiger partial charge >= 0.3 is 0 Å². The maximum atomic E-state index is 11.3. The second kappa shape index (κ2) is 4.89. The van der Waals surface area contributed by atoms with Crippen LogP contribution in [-0.4, -0.2) is 27.5 Å². The number of hydrogen-bond donors (Lipinski definition) is 2. The monoisotopic (exact) mass is 272 g/mol. The second-order valence-electron chi connectivity index (χ2n) is 4.19. The first kappa shape index (κ1) is 12.0. The van der Waals surface area contributed by atoms with E-state index in [2.05, 4.69) is 20.5 Å². The Balaban J connectivity index is 1.80. The van der Waals surface area contributed by atoms with Gasteiger partial charge in [-0.1, -0.05) is 30.0 Å². The maximum absolute atomic E-state index is 11.3. The van der Waals surface area contributed by atoms with E-state index in [0.717, 1.165) is 16.5 Å². The Bertz CT molecular complexity index is 689. The molecule has 1 saturated heterocycles. The fourth-order valence-corrected chi connectivity index (χ4v) is 2.60. The molecule has 1 aliphatic heterocycles. The van der Waals surface area contributed by atoms with Crippen LogP contribution in [0.1, 0.15) is 12.5 Å². The fraction of sp³-hybridized carbons (Fsp3) is 0.154. The molecule has 19 heavy (non-hydrogen) atoms. The largest absolute Gasteiger partial charge is 0.361 e. The third kappa shape index (κ3) is 2.39. The zero-order valence-corrected chi connectivity index (χ0v) is 11.1. The second-order valence-corrected chi connectivity index (χ2v) is 5.52. The van der Waals surface area contributed by atoms with Gasteiger partial charge in [0.1, 0.15) is 0 Å². The van der Waals surface area contributed by atoms with Crippen LogP contribution in [0.15, 0.2) is 40.7 Å². The molecule has 1 aromatic carbocycles. The molecular formula is C13H12N4OS. The lowest BCUT2D eigenvalue weighted by Crippen LogP contribution is -2.23. The number of H-pyrrole nitrogens is 1. The Morgan fingerprint density at radius 2 is 2.21 bits per heavy atom. The number of hydrogen-bond acceptors (Lipinski definition) is 4. The summed E-state index contributed by atoms with van der Waals surface area (Å²) in [4.78, 5) is 14.4. The summed E-state index contributed by atoms with van der Waals surface area (Å²) >= 11 is 1.38. The predicted octanol–water partition coefficient (Wildman–Crippen LogP) is 2.11. The molecule has 0 radical (unpaired) electrons. The Kier molecular flexibility index (Phi) is 3.08. The van der Waals surface area contributed by atoms with Crippen LogP contribution in [0.5, 0.6) is 0 Å². The van der Waals surface area contributed by atoms with Gasteiger partial charge in [0.05, 0.1) is 11.5 Å². The van der Waals surface area contributed by atoms with Crippen LogP contribution < -0.4 is 5.32 Å². The van der Waals surface area contributed by atoms with Crippen molar-refractivity contribution < 1.29 is 4.79 Å². The van der Waals surface area contributed by atoms with Crippen molar-refractivity contribution in [2.24, 2.45) is 10.2 Å². The van der Waals surface area contributed by atoms with Crippen LogP contribution in [0, 0.1) is 0 Å². The number of rotatable bonds is 2. The van der Waals surface area contributed by atoms with Gasteiger partial charge in [-0.05, 0) is 13.0 Å². The number of carbonyl (C=O) groups is 1. The van der Waals surface area contributed by atoms with Crippen molar-refractivity contribution in [3.8, 4) is 0 Å². The Labute approximate surface area is 114 Å². The van der Waals surface area contributed by atoms with Crippen molar-refractivity contribution in [2.45, 2.75) is 12.2 Å². The highest BCUT2D eigenvalue weighted by Crippen LogP contribution is 2.19. The van der Waals surface area contributed by atoms with Crippen LogP contribution in [-0.2, 0) is 4.79 Å². The van der Waals surface area contributed by atoms with E-state index >= 15 is 0 Å². The minimum absolute atomic E-state index is 0.0222. The van der Waals surface area contributed by atoms with Gasteiger partial charge in [0.15, 0.2) is 5.17 Å². The molecular weight excluding hydrogens is 260 g/mol. The highest BCUT2D eigenvalue weighted by molar-refractivity contribution is 8.15. The van der Waals surface area contributed by atoms with E-state index in [9.17, 15) is 4.79 Å². The molecule has 1 fully saturated rings. The molecule has 0 aliphatic carbocycles. The topological polar surface area (TPSA) is 69.6 Å². The van der Waals surface area contributed by atoms with E-state index in [1.165, 1.54) is 11.8 Å². The summed E-state index contributed by atoms with van der Waals surface area (Å²) in [6.07, 6.45) is 3.57. The van der Waals surface area contributed by atoms with Crippen molar-refractivity contribution in [1.29, 1.82) is 0 Å². The van der Waals surface area contributed by atoms with Gasteiger partial charge < -0.3 is 10.3 Å². The molecule has 96 valence electrons. The number of thioether (sulfide) groups is 1. The molecule has 1 aromatic heterocycles. The fourth-order valence-electron chi connectivity index (χ4n) is 1.85. The van der Waals surface area contributed by atoms with Crippen molar-refractivity contribution in [3.63, 3.8) is 0 Å². The van der Waals surface area contributed by atoms with Gasteiger partial charge in [-0.3, -0.25) is 4.79 Å². The Hall–Kier alpha value is -2.08. The molecule has 2 N–H and O–H groups in total.